The number of nitrogens with one attached hydrogen (secondary N) is 2. The van der Waals surface area contributed by atoms with E-state index in [1.807, 2.05) is 13.0 Å². The number of carbonyl (C=O) groups is 2. The van der Waals surface area contributed by atoms with E-state index < -0.39 is 11.7 Å². The maximum absolute atomic E-state index is 13.7. The van der Waals surface area contributed by atoms with Crippen molar-refractivity contribution in [1.29, 1.82) is 0 Å². The lowest BCUT2D eigenvalue weighted by molar-refractivity contribution is -0.115. The van der Waals surface area contributed by atoms with Crippen LogP contribution in [0.25, 0.3) is 0 Å². The number of benzene rings is 1. The highest BCUT2D eigenvalue weighted by Crippen LogP contribution is 2.19. The van der Waals surface area contributed by atoms with Crippen LogP contribution in [0.3, 0.4) is 0 Å². The summed E-state index contributed by atoms with van der Waals surface area (Å²) in [5, 5.41) is 8.18. The summed E-state index contributed by atoms with van der Waals surface area (Å²) in [6.07, 6.45) is 1.66. The largest absolute Gasteiger partial charge is 0.324 e. The standard InChI is InChI=1S/C19H17FN4O2S2/c1-2-27-17-8-7-12(10-21-17)22-16(25)9-13-11-28-19(23-13)24-18(26)14-5-3-4-6-15(14)20/h3-8,10-11H,2,9H2,1H3,(H,22,25)(H,23,24,26). The fourth-order valence-electron chi connectivity index (χ4n) is 2.31. The second-order valence-electron chi connectivity index (χ2n) is 5.62. The predicted molar refractivity (Wildman–Crippen MR) is 109 cm³/mol. The minimum absolute atomic E-state index is 0.0531. The van der Waals surface area contributed by atoms with Gasteiger partial charge in [0.05, 0.1) is 34.6 Å². The lowest BCUT2D eigenvalue weighted by Crippen LogP contribution is -2.15. The van der Waals surface area contributed by atoms with E-state index in [2.05, 4.69) is 20.6 Å². The lowest BCUT2D eigenvalue weighted by atomic mass is 10.2. The lowest BCUT2D eigenvalue weighted by Gasteiger charge is -2.05. The molecule has 28 heavy (non-hydrogen) atoms. The second-order valence-corrected chi connectivity index (χ2v) is 7.76. The summed E-state index contributed by atoms with van der Waals surface area (Å²) in [6, 6.07) is 9.35. The molecule has 2 N–H and O–H groups in total. The average molecular weight is 417 g/mol. The van der Waals surface area contributed by atoms with E-state index in [-0.39, 0.29) is 17.9 Å². The normalized spacial score (nSPS) is 10.5. The van der Waals surface area contributed by atoms with Crippen molar-refractivity contribution in [2.24, 2.45) is 0 Å². The zero-order valence-corrected chi connectivity index (χ0v) is 16.6. The number of halogens is 1. The number of rotatable bonds is 7. The molecule has 0 aliphatic carbocycles. The van der Waals surface area contributed by atoms with E-state index in [1.165, 1.54) is 29.5 Å². The van der Waals surface area contributed by atoms with Crippen molar-refractivity contribution < 1.29 is 14.0 Å². The van der Waals surface area contributed by atoms with Crippen LogP contribution in [-0.4, -0.2) is 27.5 Å². The van der Waals surface area contributed by atoms with Gasteiger partial charge in [0, 0.05) is 5.38 Å². The first kappa shape index (κ1) is 20.0. The van der Waals surface area contributed by atoms with E-state index >= 15 is 0 Å². The van der Waals surface area contributed by atoms with Gasteiger partial charge in [-0.15, -0.1) is 23.1 Å². The van der Waals surface area contributed by atoms with Gasteiger partial charge in [-0.1, -0.05) is 19.1 Å². The van der Waals surface area contributed by atoms with Crippen LogP contribution in [-0.2, 0) is 11.2 Å². The van der Waals surface area contributed by atoms with Crippen LogP contribution in [0.4, 0.5) is 15.2 Å². The highest BCUT2D eigenvalue weighted by atomic mass is 32.2. The first-order valence-corrected chi connectivity index (χ1v) is 10.3. The molecule has 6 nitrogen and oxygen atoms in total. The SMILES string of the molecule is CCSc1ccc(NC(=O)Cc2csc(NC(=O)c3ccccc3F)n2)cn1. The third-order valence-corrected chi connectivity index (χ3v) is 5.18. The molecule has 3 aromatic rings. The van der Waals surface area contributed by atoms with E-state index in [0.717, 1.165) is 10.8 Å². The number of thiazole rings is 1. The fraction of sp³-hybridized carbons (Fsp3) is 0.158. The maximum atomic E-state index is 13.7. The van der Waals surface area contributed by atoms with Crippen LogP contribution >= 0.6 is 23.1 Å². The summed E-state index contributed by atoms with van der Waals surface area (Å²) in [6.45, 7) is 2.04. The Hall–Kier alpha value is -2.78. The zero-order chi connectivity index (χ0) is 19.9. The van der Waals surface area contributed by atoms with Crippen LogP contribution in [0.2, 0.25) is 0 Å². The Labute approximate surface area is 169 Å². The second kappa shape index (κ2) is 9.43. The molecular weight excluding hydrogens is 399 g/mol. The van der Waals surface area contributed by atoms with Gasteiger partial charge in [-0.2, -0.15) is 0 Å². The molecule has 3 rings (SSSR count). The highest BCUT2D eigenvalue weighted by molar-refractivity contribution is 7.99. The summed E-state index contributed by atoms with van der Waals surface area (Å²) >= 11 is 2.80. The molecule has 0 spiro atoms. The van der Waals surface area contributed by atoms with Crippen molar-refractivity contribution >= 4 is 45.7 Å². The minimum Gasteiger partial charge on any atom is -0.324 e. The quantitative estimate of drug-likeness (QED) is 0.564. The van der Waals surface area contributed by atoms with Gasteiger partial charge < -0.3 is 5.32 Å². The minimum atomic E-state index is -0.604. The fourth-order valence-corrected chi connectivity index (χ4v) is 3.61. The number of anilines is 2. The third-order valence-electron chi connectivity index (χ3n) is 3.54. The molecule has 2 aromatic heterocycles. The molecule has 0 saturated carbocycles. The van der Waals surface area contributed by atoms with Crippen molar-refractivity contribution in [3.05, 3.63) is 65.0 Å². The van der Waals surface area contributed by atoms with Crippen molar-refractivity contribution in [2.45, 2.75) is 18.4 Å². The van der Waals surface area contributed by atoms with Gasteiger partial charge in [0.15, 0.2) is 5.13 Å². The van der Waals surface area contributed by atoms with Gasteiger partial charge in [-0.05, 0) is 30.0 Å². The molecule has 0 radical (unpaired) electrons. The number of carbonyl (C=O) groups excluding carboxylic acids is 2. The van der Waals surface area contributed by atoms with Crippen molar-refractivity contribution in [2.75, 3.05) is 16.4 Å². The molecule has 0 fully saturated rings. The number of nitrogens with zero attached hydrogens (tertiary/aromatic N) is 2. The van der Waals surface area contributed by atoms with Crippen molar-refractivity contribution in [3.63, 3.8) is 0 Å². The number of hydrogen-bond acceptors (Lipinski definition) is 6. The van der Waals surface area contributed by atoms with Crippen LogP contribution in [0.1, 0.15) is 23.0 Å². The monoisotopic (exact) mass is 416 g/mol. The molecule has 144 valence electrons. The van der Waals surface area contributed by atoms with Gasteiger partial charge in [0.25, 0.3) is 5.91 Å². The molecule has 0 atom stereocenters. The smallest absolute Gasteiger partial charge is 0.260 e. The maximum Gasteiger partial charge on any atom is 0.260 e. The number of pyridine rings is 1. The molecular formula is C19H17FN4O2S2. The number of amides is 2. The van der Waals surface area contributed by atoms with Crippen LogP contribution in [0.15, 0.2) is 53.0 Å². The van der Waals surface area contributed by atoms with Gasteiger partial charge in [-0.25, -0.2) is 14.4 Å². The van der Waals surface area contributed by atoms with Gasteiger partial charge in [0.1, 0.15) is 5.82 Å². The Bertz CT molecular complexity index is 976. The summed E-state index contributed by atoms with van der Waals surface area (Å²) in [7, 11) is 0. The molecule has 0 aliphatic heterocycles. The molecule has 2 amide bonds. The van der Waals surface area contributed by atoms with Gasteiger partial charge >= 0.3 is 0 Å². The Kier molecular flexibility index (Phi) is 6.72. The molecule has 2 heterocycles. The van der Waals surface area contributed by atoms with Crippen LogP contribution in [0, 0.1) is 5.82 Å². The Morgan fingerprint density at radius 3 is 2.71 bits per heavy atom. The average Bonchev–Trinajstić information content (AvgIpc) is 3.10. The van der Waals surface area contributed by atoms with E-state index in [9.17, 15) is 14.0 Å². The molecule has 1 aromatic carbocycles. The summed E-state index contributed by atoms with van der Waals surface area (Å²) < 4.78 is 13.7. The van der Waals surface area contributed by atoms with E-state index in [1.54, 1.807) is 35.5 Å². The molecule has 0 unspecified atom stereocenters. The topological polar surface area (TPSA) is 84.0 Å². The molecule has 9 heteroatoms. The number of hydrogen-bond donors (Lipinski definition) is 2. The predicted octanol–water partition coefficient (Wildman–Crippen LogP) is 4.22. The van der Waals surface area contributed by atoms with Crippen LogP contribution < -0.4 is 10.6 Å². The summed E-state index contributed by atoms with van der Waals surface area (Å²) in [5.74, 6) is -0.499. The first-order valence-electron chi connectivity index (χ1n) is 8.44. The van der Waals surface area contributed by atoms with Crippen molar-refractivity contribution in [1.82, 2.24) is 9.97 Å². The zero-order valence-electron chi connectivity index (χ0n) is 14.9. The van der Waals surface area contributed by atoms with Gasteiger partial charge in [-0.3, -0.25) is 14.9 Å². The third kappa shape index (κ3) is 5.37. The number of aromatic nitrogens is 2. The summed E-state index contributed by atoms with van der Waals surface area (Å²) in [4.78, 5) is 32.8. The first-order chi connectivity index (χ1) is 13.5. The van der Waals surface area contributed by atoms with Crippen LogP contribution in [0.5, 0.6) is 0 Å². The van der Waals surface area contributed by atoms with Gasteiger partial charge in [0.2, 0.25) is 5.91 Å². The Morgan fingerprint density at radius 2 is 2.00 bits per heavy atom. The molecule has 0 saturated heterocycles. The Balaban J connectivity index is 1.56. The Morgan fingerprint density at radius 1 is 1.18 bits per heavy atom. The molecule has 0 bridgehead atoms. The summed E-state index contributed by atoms with van der Waals surface area (Å²) in [5.41, 5.74) is 1.06. The molecule has 0 aliphatic rings. The van der Waals surface area contributed by atoms with E-state index in [4.69, 9.17) is 0 Å². The highest BCUT2D eigenvalue weighted by Gasteiger charge is 2.14. The van der Waals surface area contributed by atoms with E-state index in [0.29, 0.717) is 16.5 Å². The van der Waals surface area contributed by atoms with Crippen molar-refractivity contribution in [3.8, 4) is 0 Å². The number of thioether (sulfide) groups is 1.